The molecular formula is C19H25BrN2O3. The number of rotatable bonds is 4. The zero-order valence-electron chi connectivity index (χ0n) is 15.4. The van der Waals surface area contributed by atoms with Crippen molar-refractivity contribution < 1.29 is 14.3 Å². The molecule has 1 aromatic rings. The highest BCUT2D eigenvalue weighted by Crippen LogP contribution is 2.63. The van der Waals surface area contributed by atoms with Crippen LogP contribution in [0.3, 0.4) is 0 Å². The molecule has 0 aromatic heterocycles. The van der Waals surface area contributed by atoms with Crippen LogP contribution < -0.4 is 14.9 Å². The zero-order chi connectivity index (χ0) is 18.4. The number of carbonyl (C=O) groups excluding carboxylic acids is 1. The van der Waals surface area contributed by atoms with E-state index in [1.165, 1.54) is 6.42 Å². The van der Waals surface area contributed by atoms with E-state index in [-0.39, 0.29) is 16.7 Å². The van der Waals surface area contributed by atoms with Gasteiger partial charge in [-0.15, -0.1) is 0 Å². The Balaban J connectivity index is 1.82. The van der Waals surface area contributed by atoms with Crippen LogP contribution in [0.25, 0.3) is 0 Å². The van der Waals surface area contributed by atoms with Crippen LogP contribution in [-0.4, -0.2) is 25.8 Å². The number of carbonyl (C=O) groups is 1. The Morgan fingerprint density at radius 1 is 1.24 bits per heavy atom. The number of hydrogen-bond acceptors (Lipinski definition) is 4. The summed E-state index contributed by atoms with van der Waals surface area (Å²) in [6, 6.07) is 3.35. The minimum absolute atomic E-state index is 0.0695. The van der Waals surface area contributed by atoms with Crippen LogP contribution in [0.4, 0.5) is 0 Å². The number of ether oxygens (including phenoxy) is 2. The third-order valence-corrected chi connectivity index (χ3v) is 7.29. The molecule has 2 aliphatic carbocycles. The van der Waals surface area contributed by atoms with Crippen molar-refractivity contribution in [3.63, 3.8) is 0 Å². The van der Waals surface area contributed by atoms with Gasteiger partial charge in [-0.2, -0.15) is 5.10 Å². The van der Waals surface area contributed by atoms with Crippen LogP contribution in [0.5, 0.6) is 11.5 Å². The van der Waals surface area contributed by atoms with E-state index >= 15 is 0 Å². The van der Waals surface area contributed by atoms with E-state index in [4.69, 9.17) is 9.47 Å². The minimum Gasteiger partial charge on any atom is -0.495 e. The molecule has 2 saturated carbocycles. The van der Waals surface area contributed by atoms with E-state index in [2.05, 4.69) is 47.2 Å². The third kappa shape index (κ3) is 2.75. The standard InChI is InChI=1S/C19H25BrN2O3/c1-18(2)12-6-7-19(18,3)15(10-12)21-22-17(23)11-8-13(24-4)16(20)14(9-11)25-5/h8-9,12H,6-7,10H2,1-5H3,(H,22,23)/b21-15-/t12-,19+/m1/s1. The maximum absolute atomic E-state index is 12.6. The largest absolute Gasteiger partial charge is 0.495 e. The lowest BCUT2D eigenvalue weighted by Gasteiger charge is -2.34. The van der Waals surface area contributed by atoms with Gasteiger partial charge in [0, 0.05) is 16.7 Å². The average Bonchev–Trinajstić information content (AvgIpc) is 2.93. The van der Waals surface area contributed by atoms with Gasteiger partial charge in [0.2, 0.25) is 0 Å². The van der Waals surface area contributed by atoms with Gasteiger partial charge in [0.15, 0.2) is 0 Å². The monoisotopic (exact) mass is 408 g/mol. The predicted molar refractivity (Wildman–Crippen MR) is 101 cm³/mol. The number of amides is 1. The van der Waals surface area contributed by atoms with Crippen molar-refractivity contribution in [3.05, 3.63) is 22.2 Å². The number of benzene rings is 1. The van der Waals surface area contributed by atoms with E-state index < -0.39 is 0 Å². The summed E-state index contributed by atoms with van der Waals surface area (Å²) >= 11 is 3.41. The first-order valence-electron chi connectivity index (χ1n) is 8.53. The lowest BCUT2D eigenvalue weighted by molar-refractivity contribution is 0.0953. The van der Waals surface area contributed by atoms with Crippen molar-refractivity contribution in [2.24, 2.45) is 21.8 Å². The van der Waals surface area contributed by atoms with Crippen molar-refractivity contribution >= 4 is 27.5 Å². The maximum Gasteiger partial charge on any atom is 0.271 e. The number of halogens is 1. The molecule has 1 N–H and O–H groups in total. The number of fused-ring (bicyclic) bond motifs is 2. The predicted octanol–water partition coefficient (Wildman–Crippen LogP) is 4.40. The minimum atomic E-state index is -0.263. The molecule has 1 aromatic carbocycles. The molecule has 0 radical (unpaired) electrons. The first-order chi connectivity index (χ1) is 11.7. The van der Waals surface area contributed by atoms with Crippen molar-refractivity contribution in [3.8, 4) is 11.5 Å². The fourth-order valence-corrected chi connectivity index (χ4v) is 4.83. The normalized spacial score (nSPS) is 28.2. The van der Waals surface area contributed by atoms with E-state index in [1.807, 2.05) is 0 Å². The second-order valence-electron chi connectivity index (χ2n) is 7.69. The molecule has 0 aliphatic heterocycles. The Morgan fingerprint density at radius 3 is 2.28 bits per heavy atom. The summed E-state index contributed by atoms with van der Waals surface area (Å²) in [7, 11) is 3.11. The molecule has 1 amide bonds. The molecule has 0 unspecified atom stereocenters. The first kappa shape index (κ1) is 18.2. The maximum atomic E-state index is 12.6. The first-order valence-corrected chi connectivity index (χ1v) is 9.33. The Hall–Kier alpha value is -1.56. The summed E-state index contributed by atoms with van der Waals surface area (Å²) in [6.07, 6.45) is 3.35. The summed E-state index contributed by atoms with van der Waals surface area (Å²) in [6.45, 7) is 6.91. The SMILES string of the molecule is COc1cc(C(=O)N/N=C2/C[C@H]3CC[C@]2(C)C3(C)C)cc(OC)c1Br. The number of nitrogens with one attached hydrogen (secondary N) is 1. The van der Waals surface area contributed by atoms with E-state index in [0.29, 0.717) is 27.5 Å². The highest BCUT2D eigenvalue weighted by Gasteiger charge is 2.60. The van der Waals surface area contributed by atoms with Crippen LogP contribution >= 0.6 is 15.9 Å². The number of nitrogens with zero attached hydrogens (tertiary/aromatic N) is 1. The quantitative estimate of drug-likeness (QED) is 0.750. The van der Waals surface area contributed by atoms with Gasteiger partial charge in [-0.25, -0.2) is 5.43 Å². The molecule has 0 heterocycles. The Bertz CT molecular complexity index is 719. The molecule has 2 bridgehead atoms. The van der Waals surface area contributed by atoms with Crippen LogP contribution in [0.2, 0.25) is 0 Å². The smallest absolute Gasteiger partial charge is 0.271 e. The summed E-state index contributed by atoms with van der Waals surface area (Å²) < 4.78 is 11.3. The van der Waals surface area contributed by atoms with Gasteiger partial charge < -0.3 is 9.47 Å². The summed E-state index contributed by atoms with van der Waals surface area (Å²) in [5.41, 5.74) is 4.60. The van der Waals surface area contributed by atoms with E-state index in [0.717, 1.165) is 18.6 Å². The molecule has 5 nitrogen and oxygen atoms in total. The Morgan fingerprint density at radius 2 is 1.84 bits per heavy atom. The van der Waals surface area contributed by atoms with Crippen LogP contribution in [0.15, 0.2) is 21.7 Å². The van der Waals surface area contributed by atoms with Crippen LogP contribution in [-0.2, 0) is 0 Å². The van der Waals surface area contributed by atoms with E-state index in [1.54, 1.807) is 26.4 Å². The molecule has 2 atom stereocenters. The van der Waals surface area contributed by atoms with Gasteiger partial charge in [0.1, 0.15) is 16.0 Å². The molecule has 0 spiro atoms. The highest BCUT2D eigenvalue weighted by atomic mass is 79.9. The molecule has 136 valence electrons. The van der Waals surface area contributed by atoms with Crippen LogP contribution in [0.1, 0.15) is 50.4 Å². The van der Waals surface area contributed by atoms with E-state index in [9.17, 15) is 4.79 Å². The summed E-state index contributed by atoms with van der Waals surface area (Å²) in [5, 5.41) is 4.51. The van der Waals surface area contributed by atoms with Gasteiger partial charge in [-0.05, 0) is 58.7 Å². The summed E-state index contributed by atoms with van der Waals surface area (Å²) in [4.78, 5) is 12.6. The van der Waals surface area contributed by atoms with Gasteiger partial charge in [-0.1, -0.05) is 20.8 Å². The topological polar surface area (TPSA) is 59.9 Å². The van der Waals surface area contributed by atoms with Crippen molar-refractivity contribution in [1.29, 1.82) is 0 Å². The van der Waals surface area contributed by atoms with Gasteiger partial charge >= 0.3 is 0 Å². The second kappa shape index (κ2) is 6.31. The zero-order valence-corrected chi connectivity index (χ0v) is 17.0. The highest BCUT2D eigenvalue weighted by molar-refractivity contribution is 9.10. The molecule has 25 heavy (non-hydrogen) atoms. The Kier molecular flexibility index (Phi) is 4.60. The fraction of sp³-hybridized carbons (Fsp3) is 0.579. The molecule has 6 heteroatoms. The lowest BCUT2D eigenvalue weighted by Crippen LogP contribution is -2.34. The Labute approximate surface area is 157 Å². The van der Waals surface area contributed by atoms with Crippen molar-refractivity contribution in [2.45, 2.75) is 40.0 Å². The average molecular weight is 409 g/mol. The summed E-state index contributed by atoms with van der Waals surface area (Å²) in [5.74, 6) is 1.48. The number of methoxy groups -OCH3 is 2. The number of hydrazone groups is 1. The number of hydrogen-bond donors (Lipinski definition) is 1. The van der Waals surface area contributed by atoms with Gasteiger partial charge in [-0.3, -0.25) is 4.79 Å². The van der Waals surface area contributed by atoms with Crippen molar-refractivity contribution in [1.82, 2.24) is 5.43 Å². The van der Waals surface area contributed by atoms with Crippen molar-refractivity contribution in [2.75, 3.05) is 14.2 Å². The second-order valence-corrected chi connectivity index (χ2v) is 8.48. The molecule has 2 aliphatic rings. The lowest BCUT2D eigenvalue weighted by atomic mass is 9.70. The molecule has 3 rings (SSSR count). The molecular weight excluding hydrogens is 384 g/mol. The van der Waals surface area contributed by atoms with Crippen LogP contribution in [0, 0.1) is 16.7 Å². The molecule has 0 saturated heterocycles. The molecule has 2 fully saturated rings. The van der Waals surface area contributed by atoms with Gasteiger partial charge in [0.25, 0.3) is 5.91 Å². The fourth-order valence-electron chi connectivity index (χ4n) is 4.28. The van der Waals surface area contributed by atoms with Gasteiger partial charge in [0.05, 0.1) is 14.2 Å². The third-order valence-electron chi connectivity index (χ3n) is 6.51.